The number of rotatable bonds is 8. The number of nitrogens with zero attached hydrogens (tertiary/aromatic N) is 1. The maximum Gasteiger partial charge on any atom is 0.341 e. The number of amides is 1. The van der Waals surface area contributed by atoms with Crippen molar-refractivity contribution in [3.05, 3.63) is 45.3 Å². The van der Waals surface area contributed by atoms with E-state index >= 15 is 0 Å². The van der Waals surface area contributed by atoms with Crippen LogP contribution in [-0.4, -0.2) is 40.2 Å². The number of ether oxygens (including phenoxy) is 1. The molecular formula is C21H25ClN2O5S2. The van der Waals surface area contributed by atoms with Crippen LogP contribution in [-0.2, 0) is 32.4 Å². The molecule has 7 nitrogen and oxygen atoms in total. The summed E-state index contributed by atoms with van der Waals surface area (Å²) in [5.74, 6) is -0.720. The first-order chi connectivity index (χ1) is 14.7. The van der Waals surface area contributed by atoms with Crippen molar-refractivity contribution in [1.29, 1.82) is 0 Å². The predicted octanol–water partition coefficient (Wildman–Crippen LogP) is 4.25. The molecule has 1 aliphatic rings. The average Bonchev–Trinajstić information content (AvgIpc) is 3.07. The fraction of sp³-hybridized carbons (Fsp3) is 0.429. The third kappa shape index (κ3) is 5.78. The summed E-state index contributed by atoms with van der Waals surface area (Å²) in [5, 5.41) is 3.78. The summed E-state index contributed by atoms with van der Waals surface area (Å²) < 4.78 is 30.6. The van der Waals surface area contributed by atoms with E-state index in [9.17, 15) is 18.0 Å². The molecule has 2 aromatic rings. The highest BCUT2D eigenvalue weighted by molar-refractivity contribution is 7.92. The van der Waals surface area contributed by atoms with Crippen molar-refractivity contribution in [3.8, 4) is 0 Å². The van der Waals surface area contributed by atoms with E-state index in [1.165, 1.54) is 22.8 Å². The van der Waals surface area contributed by atoms with E-state index in [0.717, 1.165) is 42.4 Å². The number of carbonyl (C=O) groups is 2. The summed E-state index contributed by atoms with van der Waals surface area (Å²) in [4.78, 5) is 26.0. The first-order valence-electron chi connectivity index (χ1n) is 9.96. The minimum absolute atomic E-state index is 0.107. The van der Waals surface area contributed by atoms with Gasteiger partial charge in [-0.2, -0.15) is 0 Å². The Labute approximate surface area is 191 Å². The smallest absolute Gasteiger partial charge is 0.341 e. The zero-order chi connectivity index (χ0) is 22.6. The first kappa shape index (κ1) is 23.6. The van der Waals surface area contributed by atoms with Crippen molar-refractivity contribution in [1.82, 2.24) is 0 Å². The van der Waals surface area contributed by atoms with Gasteiger partial charge < -0.3 is 10.1 Å². The van der Waals surface area contributed by atoms with Gasteiger partial charge in [-0.15, -0.1) is 11.3 Å². The zero-order valence-corrected chi connectivity index (χ0v) is 19.8. The van der Waals surface area contributed by atoms with Gasteiger partial charge in [0.2, 0.25) is 15.9 Å². The molecule has 0 saturated heterocycles. The molecule has 10 heteroatoms. The van der Waals surface area contributed by atoms with Gasteiger partial charge in [0.1, 0.15) is 5.00 Å². The molecule has 1 aliphatic carbocycles. The number of hydrogen-bond acceptors (Lipinski definition) is 6. The molecule has 0 fully saturated rings. The van der Waals surface area contributed by atoms with Crippen molar-refractivity contribution in [2.24, 2.45) is 0 Å². The van der Waals surface area contributed by atoms with E-state index in [1.807, 2.05) is 0 Å². The van der Waals surface area contributed by atoms with Gasteiger partial charge in [0.25, 0.3) is 0 Å². The number of benzene rings is 1. The van der Waals surface area contributed by atoms with E-state index in [0.29, 0.717) is 27.7 Å². The SMILES string of the molecule is COC(=O)c1c(NC(=O)CCCN(c2cccc(Cl)c2)S(C)(=O)=O)sc2c1CCCC2. The Morgan fingerprint density at radius 3 is 2.68 bits per heavy atom. The van der Waals surface area contributed by atoms with Gasteiger partial charge in [-0.3, -0.25) is 9.10 Å². The van der Waals surface area contributed by atoms with Gasteiger partial charge in [-0.05, 0) is 55.9 Å². The summed E-state index contributed by atoms with van der Waals surface area (Å²) in [6.45, 7) is 0.136. The molecule has 168 valence electrons. The number of nitrogens with one attached hydrogen (secondary N) is 1. The number of thiophene rings is 1. The Morgan fingerprint density at radius 2 is 2.00 bits per heavy atom. The molecule has 3 rings (SSSR count). The lowest BCUT2D eigenvalue weighted by atomic mass is 9.95. The Morgan fingerprint density at radius 1 is 1.26 bits per heavy atom. The quantitative estimate of drug-likeness (QED) is 0.565. The number of halogens is 1. The third-order valence-corrected chi connectivity index (χ3v) is 7.71. The number of methoxy groups -OCH3 is 1. The second kappa shape index (κ2) is 10.0. The van der Waals surface area contributed by atoms with E-state index in [4.69, 9.17) is 16.3 Å². The maximum atomic E-state index is 12.6. The van der Waals surface area contributed by atoms with E-state index in [1.54, 1.807) is 24.3 Å². The molecular weight excluding hydrogens is 460 g/mol. The number of anilines is 2. The van der Waals surface area contributed by atoms with Crippen LogP contribution in [0.1, 0.15) is 46.5 Å². The summed E-state index contributed by atoms with van der Waals surface area (Å²) in [7, 11) is -2.20. The summed E-state index contributed by atoms with van der Waals surface area (Å²) in [5.41, 5.74) is 1.88. The van der Waals surface area contributed by atoms with Crippen LogP contribution in [0.5, 0.6) is 0 Å². The van der Waals surface area contributed by atoms with Crippen LogP contribution in [0.3, 0.4) is 0 Å². The minimum Gasteiger partial charge on any atom is -0.465 e. The van der Waals surface area contributed by atoms with Crippen LogP contribution in [0.4, 0.5) is 10.7 Å². The molecule has 1 heterocycles. The van der Waals surface area contributed by atoms with Gasteiger partial charge in [0.15, 0.2) is 0 Å². The van der Waals surface area contributed by atoms with Crippen LogP contribution in [0, 0.1) is 0 Å². The van der Waals surface area contributed by atoms with Gasteiger partial charge >= 0.3 is 5.97 Å². The second-order valence-electron chi connectivity index (χ2n) is 7.37. The topological polar surface area (TPSA) is 92.8 Å². The van der Waals surface area contributed by atoms with Crippen LogP contribution >= 0.6 is 22.9 Å². The highest BCUT2D eigenvalue weighted by Crippen LogP contribution is 2.38. The molecule has 1 N–H and O–H groups in total. The number of aryl methyl sites for hydroxylation is 1. The summed E-state index contributed by atoms with van der Waals surface area (Å²) >= 11 is 7.41. The second-order valence-corrected chi connectivity index (χ2v) is 10.8. The highest BCUT2D eigenvalue weighted by atomic mass is 35.5. The third-order valence-electron chi connectivity index (χ3n) is 5.08. The zero-order valence-electron chi connectivity index (χ0n) is 17.4. The Kier molecular flexibility index (Phi) is 7.61. The summed E-state index contributed by atoms with van der Waals surface area (Å²) in [6.07, 6.45) is 5.29. The van der Waals surface area contributed by atoms with Crippen LogP contribution in [0.25, 0.3) is 0 Å². The normalized spacial score (nSPS) is 13.4. The minimum atomic E-state index is -3.53. The molecule has 0 aliphatic heterocycles. The van der Waals surface area contributed by atoms with Crippen molar-refractivity contribution in [2.75, 3.05) is 29.5 Å². The van der Waals surface area contributed by atoms with Crippen LogP contribution < -0.4 is 9.62 Å². The largest absolute Gasteiger partial charge is 0.465 e. The van der Waals surface area contributed by atoms with Crippen molar-refractivity contribution >= 4 is 55.5 Å². The van der Waals surface area contributed by atoms with Gasteiger partial charge in [-0.1, -0.05) is 17.7 Å². The lowest BCUT2D eigenvalue weighted by Crippen LogP contribution is -2.31. The van der Waals surface area contributed by atoms with E-state index in [-0.39, 0.29) is 18.9 Å². The number of hydrogen-bond donors (Lipinski definition) is 1. The first-order valence-corrected chi connectivity index (χ1v) is 13.0. The standard InChI is InChI=1S/C21H25ClN2O5S2/c1-29-21(26)19-16-9-3-4-10-17(16)30-20(19)23-18(25)11-6-12-24(31(2,27)28)15-8-5-7-14(22)13-15/h5,7-8,13H,3-4,6,9-12H2,1-2H3,(H,23,25). The lowest BCUT2D eigenvalue weighted by Gasteiger charge is -2.22. The molecule has 0 spiro atoms. The Balaban J connectivity index is 1.67. The number of fused-ring (bicyclic) bond motifs is 1. The molecule has 0 unspecified atom stereocenters. The number of esters is 1. The van der Waals surface area contributed by atoms with Crippen molar-refractivity contribution in [2.45, 2.75) is 38.5 Å². The number of carbonyl (C=O) groups excluding carboxylic acids is 2. The molecule has 0 saturated carbocycles. The molecule has 0 bridgehead atoms. The average molecular weight is 485 g/mol. The molecule has 1 amide bonds. The predicted molar refractivity (Wildman–Crippen MR) is 124 cm³/mol. The van der Waals surface area contributed by atoms with Crippen molar-refractivity contribution < 1.29 is 22.7 Å². The van der Waals surface area contributed by atoms with Gasteiger partial charge in [0, 0.05) is 22.9 Å². The fourth-order valence-electron chi connectivity index (χ4n) is 3.66. The molecule has 1 aromatic heterocycles. The monoisotopic (exact) mass is 484 g/mol. The van der Waals surface area contributed by atoms with Crippen LogP contribution in [0.15, 0.2) is 24.3 Å². The molecule has 0 atom stereocenters. The Hall–Kier alpha value is -2.10. The van der Waals surface area contributed by atoms with E-state index in [2.05, 4.69) is 5.32 Å². The summed E-state index contributed by atoms with van der Waals surface area (Å²) in [6, 6.07) is 6.57. The lowest BCUT2D eigenvalue weighted by molar-refractivity contribution is -0.116. The number of sulfonamides is 1. The van der Waals surface area contributed by atoms with Crippen molar-refractivity contribution in [3.63, 3.8) is 0 Å². The van der Waals surface area contributed by atoms with Gasteiger partial charge in [-0.25, -0.2) is 13.2 Å². The maximum absolute atomic E-state index is 12.6. The highest BCUT2D eigenvalue weighted by Gasteiger charge is 2.27. The molecule has 31 heavy (non-hydrogen) atoms. The molecule has 0 radical (unpaired) electrons. The molecule has 1 aromatic carbocycles. The van der Waals surface area contributed by atoms with E-state index < -0.39 is 16.0 Å². The Bertz CT molecular complexity index is 1080. The fourth-order valence-corrected chi connectivity index (χ4v) is 6.10. The van der Waals surface area contributed by atoms with Crippen LogP contribution in [0.2, 0.25) is 5.02 Å². The van der Waals surface area contributed by atoms with Gasteiger partial charge in [0.05, 0.1) is 24.6 Å².